The topological polar surface area (TPSA) is 486 Å². The molecular formula is C16H22N5NaO24S4. The molecule has 0 aromatic heterocycles. The molecule has 280 valence electrons. The molecule has 8 amide bonds. The molecule has 0 aliphatic carbocycles. The molecule has 0 radical (unpaired) electrons. The quantitative estimate of drug-likeness (QED) is 0.0565. The van der Waals surface area contributed by atoms with Gasteiger partial charge in [0.2, 0.25) is 0 Å². The van der Waals surface area contributed by atoms with Crippen molar-refractivity contribution < 1.29 is 141 Å². The number of amides is 8. The van der Waals surface area contributed by atoms with Gasteiger partial charge in [0.25, 0.3) is 77.6 Å². The van der Waals surface area contributed by atoms with Crippen molar-refractivity contribution in [1.82, 2.24) is 26.4 Å². The van der Waals surface area contributed by atoms with Gasteiger partial charge in [0.1, 0.15) is 15.4 Å². The first kappa shape index (κ1) is 49.1. The number of imide groups is 4. The van der Waals surface area contributed by atoms with Gasteiger partial charge < -0.3 is 10.7 Å². The molecule has 34 heteroatoms. The Labute approximate surface area is 300 Å². The van der Waals surface area contributed by atoms with Crippen LogP contribution in [-0.4, -0.2) is 161 Å². The number of nitrogens with zero attached hydrogens (tertiary/aromatic N) is 4. The van der Waals surface area contributed by atoms with E-state index in [2.05, 4.69) is 0 Å². The van der Waals surface area contributed by atoms with Crippen molar-refractivity contribution in [2.45, 2.75) is 46.7 Å². The van der Waals surface area contributed by atoms with Crippen LogP contribution in [0.2, 0.25) is 0 Å². The minimum Gasteiger partial charge on any atom is -0.747 e. The maximum Gasteiger partial charge on any atom is 1.00 e. The second kappa shape index (κ2) is 17.5. The van der Waals surface area contributed by atoms with E-state index < -0.39 is 134 Å². The van der Waals surface area contributed by atoms with Gasteiger partial charge in [-0.15, -0.1) is 0 Å². The van der Waals surface area contributed by atoms with E-state index >= 15 is 0 Å². The summed E-state index contributed by atoms with van der Waals surface area (Å²) in [6.07, 6.45) is -2.92. The minimum absolute atomic E-state index is 0. The van der Waals surface area contributed by atoms with E-state index in [1.165, 1.54) is 0 Å². The summed E-state index contributed by atoms with van der Waals surface area (Å²) in [5.74, 6) is -9.53. The third kappa shape index (κ3) is 12.1. The standard InChI is InChI=1S/4C4H5NO6S.H3N.Na/c4*6-3-1-2(12(9,10)11)4(7)5(3)8;;/h4*2,8H,1H2,(H,9,10,11);1H3;/q;;;;;+1/p-1. The second-order valence-corrected chi connectivity index (χ2v) is 15.3. The van der Waals surface area contributed by atoms with Crippen LogP contribution in [0, 0.1) is 0 Å². The van der Waals surface area contributed by atoms with Crippen LogP contribution in [0.25, 0.3) is 0 Å². The second-order valence-electron chi connectivity index (χ2n) is 8.98. The molecule has 4 saturated heterocycles. The fraction of sp³-hybridized carbons (Fsp3) is 0.500. The smallest absolute Gasteiger partial charge is 0.747 e. The fourth-order valence-electron chi connectivity index (χ4n) is 3.29. The molecule has 0 aromatic rings. The fourth-order valence-corrected chi connectivity index (χ4v) is 6.11. The molecule has 4 heterocycles. The van der Waals surface area contributed by atoms with Crippen molar-refractivity contribution in [2.24, 2.45) is 0 Å². The van der Waals surface area contributed by atoms with E-state index in [-0.39, 0.29) is 56.0 Å². The van der Waals surface area contributed by atoms with Crippen LogP contribution >= 0.6 is 0 Å². The maximum atomic E-state index is 10.7. The summed E-state index contributed by atoms with van der Waals surface area (Å²) < 4.78 is 118. The summed E-state index contributed by atoms with van der Waals surface area (Å²) in [4.78, 5) is 84.7. The van der Waals surface area contributed by atoms with Gasteiger partial charge in [-0.2, -0.15) is 45.5 Å². The summed E-state index contributed by atoms with van der Waals surface area (Å²) in [7, 11) is -18.6. The average Bonchev–Trinajstić information content (AvgIpc) is 3.56. The predicted octanol–water partition coefficient (Wildman–Crippen LogP) is -9.61. The Balaban J connectivity index is 0. The van der Waals surface area contributed by atoms with E-state index in [0.29, 0.717) is 0 Å². The summed E-state index contributed by atoms with van der Waals surface area (Å²) in [6, 6.07) is 0. The third-order valence-electron chi connectivity index (χ3n) is 5.75. The Hall–Kier alpha value is -3.00. The zero-order chi connectivity index (χ0) is 38.1. The molecule has 0 aromatic carbocycles. The molecule has 0 bridgehead atoms. The zero-order valence-electron chi connectivity index (χ0n) is 24.3. The summed E-state index contributed by atoms with van der Waals surface area (Å²) in [5, 5.41) is 25.4. The zero-order valence-corrected chi connectivity index (χ0v) is 29.6. The normalized spacial score (nSPS) is 24.2. The largest absolute Gasteiger partial charge is 1.00 e. The van der Waals surface area contributed by atoms with Gasteiger partial charge in [0.15, 0.2) is 15.7 Å². The number of hydroxylamine groups is 8. The Morgan fingerprint density at radius 1 is 0.440 bits per heavy atom. The molecule has 0 spiro atoms. The molecule has 4 atom stereocenters. The van der Waals surface area contributed by atoms with Crippen LogP contribution in [0.4, 0.5) is 0 Å². The SMILES string of the molecule is N.O=C1CC(S(=O)(=O)O)C(=O)N1O.O=C1CC(S(=O)(=O)O)C(=O)N1O.O=C1CC(S(=O)(=O)O)C(=O)N1O.O=C1CC(S(=O)(=O)[O-])C(=O)N1O.[Na+]. The van der Waals surface area contributed by atoms with E-state index in [1.807, 2.05) is 0 Å². The van der Waals surface area contributed by atoms with Gasteiger partial charge in [-0.05, 0) is 0 Å². The maximum absolute atomic E-state index is 10.7. The van der Waals surface area contributed by atoms with Crippen LogP contribution in [-0.2, 0) is 78.8 Å². The van der Waals surface area contributed by atoms with Crippen LogP contribution in [0.5, 0.6) is 0 Å². The van der Waals surface area contributed by atoms with Crippen molar-refractivity contribution in [1.29, 1.82) is 0 Å². The van der Waals surface area contributed by atoms with Gasteiger partial charge in [-0.1, -0.05) is 0 Å². The van der Waals surface area contributed by atoms with Crippen LogP contribution in [0.3, 0.4) is 0 Å². The van der Waals surface area contributed by atoms with E-state index in [9.17, 15) is 76.6 Å². The van der Waals surface area contributed by atoms with Gasteiger partial charge in [0, 0.05) is 0 Å². The van der Waals surface area contributed by atoms with Crippen molar-refractivity contribution in [3.05, 3.63) is 0 Å². The Bertz CT molecular complexity index is 1610. The molecule has 0 saturated carbocycles. The van der Waals surface area contributed by atoms with E-state index in [0.717, 1.165) is 0 Å². The molecule has 4 unspecified atom stereocenters. The average molecular weight is 820 g/mol. The number of rotatable bonds is 4. The number of hydrogen-bond donors (Lipinski definition) is 8. The van der Waals surface area contributed by atoms with E-state index in [1.54, 1.807) is 0 Å². The molecular weight excluding hydrogens is 797 g/mol. The van der Waals surface area contributed by atoms with Gasteiger partial charge in [-0.3, -0.25) is 72.8 Å². The minimum atomic E-state index is -4.84. The molecule has 50 heavy (non-hydrogen) atoms. The summed E-state index contributed by atoms with van der Waals surface area (Å²) in [5.41, 5.74) is 0. The van der Waals surface area contributed by atoms with Gasteiger partial charge in [0.05, 0.1) is 25.7 Å². The number of carbonyl (C=O) groups excluding carboxylic acids is 8. The third-order valence-corrected chi connectivity index (χ3v) is 10.1. The van der Waals surface area contributed by atoms with Crippen molar-refractivity contribution in [2.75, 3.05) is 0 Å². The van der Waals surface area contributed by atoms with Gasteiger partial charge in [-0.25, -0.2) is 8.42 Å². The predicted molar refractivity (Wildman–Crippen MR) is 138 cm³/mol. The first-order valence-corrected chi connectivity index (χ1v) is 17.4. The monoisotopic (exact) mass is 819 g/mol. The van der Waals surface area contributed by atoms with Crippen LogP contribution in [0.1, 0.15) is 25.7 Å². The number of hydrogen-bond acceptors (Lipinski definition) is 22. The van der Waals surface area contributed by atoms with Crippen molar-refractivity contribution in [3.63, 3.8) is 0 Å². The first-order chi connectivity index (χ1) is 21.3. The Morgan fingerprint density at radius 2 is 0.600 bits per heavy atom. The molecule has 4 rings (SSSR count). The molecule has 4 fully saturated rings. The van der Waals surface area contributed by atoms with Crippen molar-refractivity contribution in [3.8, 4) is 0 Å². The molecule has 10 N–H and O–H groups in total. The molecule has 29 nitrogen and oxygen atoms in total. The summed E-state index contributed by atoms with van der Waals surface area (Å²) >= 11 is 0. The number of carbonyl (C=O) groups is 8. The van der Waals surface area contributed by atoms with Gasteiger partial charge >= 0.3 is 29.6 Å². The molecule has 4 aliphatic rings. The summed E-state index contributed by atoms with van der Waals surface area (Å²) in [6.45, 7) is 0. The first-order valence-electron chi connectivity index (χ1n) is 11.4. The van der Waals surface area contributed by atoms with Crippen LogP contribution in [0.15, 0.2) is 0 Å². The Morgan fingerprint density at radius 3 is 0.660 bits per heavy atom. The Kier molecular flexibility index (Phi) is 17.2. The molecule has 4 aliphatic heterocycles. The van der Waals surface area contributed by atoms with Crippen LogP contribution < -0.4 is 35.7 Å². The van der Waals surface area contributed by atoms with Crippen molar-refractivity contribution >= 4 is 87.7 Å². The van der Waals surface area contributed by atoms with E-state index in [4.69, 9.17) is 34.5 Å².